The fourth-order valence-electron chi connectivity index (χ4n) is 2.80. The molecule has 7 heteroatoms. The highest BCUT2D eigenvalue weighted by atomic mass is 79.9. The standard InChI is InChI=1S/C20H14BrFN4O/c21-16-5-1-2-7-19(16)26-20(27)25(15-10-8-14(22)9-11-15)13-18(24-26)17-6-3-4-12-23-17/h1-12H,13H2. The number of hydrogen-bond acceptors (Lipinski definition) is 3. The van der Waals surface area contributed by atoms with E-state index in [0.29, 0.717) is 22.8 Å². The van der Waals surface area contributed by atoms with E-state index in [-0.39, 0.29) is 18.4 Å². The van der Waals surface area contributed by atoms with E-state index in [1.807, 2.05) is 36.4 Å². The maximum Gasteiger partial charge on any atom is 0.350 e. The van der Waals surface area contributed by atoms with Gasteiger partial charge in [0.25, 0.3) is 0 Å². The fourth-order valence-corrected chi connectivity index (χ4v) is 3.25. The number of nitrogens with zero attached hydrogens (tertiary/aromatic N) is 4. The van der Waals surface area contributed by atoms with E-state index in [2.05, 4.69) is 26.0 Å². The van der Waals surface area contributed by atoms with Crippen LogP contribution in [0.5, 0.6) is 0 Å². The number of pyridine rings is 1. The second kappa shape index (κ2) is 7.28. The van der Waals surface area contributed by atoms with E-state index in [1.165, 1.54) is 17.1 Å². The Balaban J connectivity index is 1.82. The van der Waals surface area contributed by atoms with Gasteiger partial charge in [-0.1, -0.05) is 18.2 Å². The topological polar surface area (TPSA) is 48.8 Å². The molecule has 0 spiro atoms. The Morgan fingerprint density at radius 2 is 1.70 bits per heavy atom. The number of amides is 2. The third-order valence-electron chi connectivity index (χ3n) is 4.12. The van der Waals surface area contributed by atoms with Crippen LogP contribution in [0.15, 0.2) is 82.5 Å². The summed E-state index contributed by atoms with van der Waals surface area (Å²) in [6.45, 7) is 0.239. The van der Waals surface area contributed by atoms with Gasteiger partial charge in [0.15, 0.2) is 0 Å². The molecular weight excluding hydrogens is 411 g/mol. The molecule has 1 aliphatic rings. The van der Waals surface area contributed by atoms with Crippen LogP contribution in [0.2, 0.25) is 0 Å². The molecule has 0 unspecified atom stereocenters. The molecule has 3 aromatic rings. The van der Waals surface area contributed by atoms with Gasteiger partial charge in [-0.2, -0.15) is 10.1 Å². The third-order valence-corrected chi connectivity index (χ3v) is 4.79. The number of carbonyl (C=O) groups excluding carboxylic acids is 1. The van der Waals surface area contributed by atoms with Crippen molar-refractivity contribution in [3.8, 4) is 0 Å². The lowest BCUT2D eigenvalue weighted by atomic mass is 10.2. The average Bonchev–Trinajstić information content (AvgIpc) is 2.70. The SMILES string of the molecule is O=C1N(c2ccc(F)cc2)CC(c2ccccn2)=NN1c1ccccc1Br. The molecule has 1 aliphatic heterocycles. The predicted octanol–water partition coefficient (Wildman–Crippen LogP) is 4.83. The number of anilines is 2. The van der Waals surface area contributed by atoms with Crippen LogP contribution in [0, 0.1) is 5.82 Å². The lowest BCUT2D eigenvalue weighted by Gasteiger charge is -2.33. The van der Waals surface area contributed by atoms with Gasteiger partial charge in [0, 0.05) is 16.4 Å². The van der Waals surface area contributed by atoms with Crippen molar-refractivity contribution in [1.82, 2.24) is 4.98 Å². The summed E-state index contributed by atoms with van der Waals surface area (Å²) in [6, 6.07) is 18.4. The van der Waals surface area contributed by atoms with Gasteiger partial charge >= 0.3 is 6.03 Å². The Hall–Kier alpha value is -3.06. The Morgan fingerprint density at radius 1 is 0.963 bits per heavy atom. The monoisotopic (exact) mass is 424 g/mol. The van der Waals surface area contributed by atoms with E-state index < -0.39 is 0 Å². The number of benzene rings is 2. The first-order valence-electron chi connectivity index (χ1n) is 8.24. The minimum absolute atomic E-state index is 0.239. The van der Waals surface area contributed by atoms with Gasteiger partial charge in [-0.25, -0.2) is 9.18 Å². The van der Waals surface area contributed by atoms with E-state index in [1.54, 1.807) is 29.3 Å². The first-order chi connectivity index (χ1) is 13.1. The highest BCUT2D eigenvalue weighted by molar-refractivity contribution is 9.10. The van der Waals surface area contributed by atoms with Gasteiger partial charge in [-0.05, 0) is 64.5 Å². The summed E-state index contributed by atoms with van der Waals surface area (Å²) in [5, 5.41) is 5.88. The summed E-state index contributed by atoms with van der Waals surface area (Å²) in [7, 11) is 0. The van der Waals surface area contributed by atoms with Crippen molar-refractivity contribution in [2.45, 2.75) is 0 Å². The van der Waals surface area contributed by atoms with Crippen LogP contribution in [0.25, 0.3) is 0 Å². The van der Waals surface area contributed by atoms with Crippen LogP contribution in [-0.4, -0.2) is 23.3 Å². The van der Waals surface area contributed by atoms with Crippen molar-refractivity contribution >= 4 is 39.0 Å². The number of aromatic nitrogens is 1. The highest BCUT2D eigenvalue weighted by Crippen LogP contribution is 2.30. The Bertz CT molecular complexity index is 1010. The number of hydrazone groups is 1. The number of rotatable bonds is 3. The summed E-state index contributed by atoms with van der Waals surface area (Å²) < 4.78 is 14.1. The molecule has 5 nitrogen and oxygen atoms in total. The van der Waals surface area contributed by atoms with Crippen molar-refractivity contribution in [1.29, 1.82) is 0 Å². The van der Waals surface area contributed by atoms with Crippen molar-refractivity contribution in [2.75, 3.05) is 16.5 Å². The van der Waals surface area contributed by atoms with Crippen LogP contribution in [-0.2, 0) is 0 Å². The van der Waals surface area contributed by atoms with Crippen molar-refractivity contribution < 1.29 is 9.18 Å². The molecule has 0 fully saturated rings. The molecule has 2 heterocycles. The number of halogens is 2. The number of para-hydroxylation sites is 1. The molecule has 1 aromatic heterocycles. The van der Waals surface area contributed by atoms with Crippen LogP contribution >= 0.6 is 15.9 Å². The molecule has 0 saturated heterocycles. The molecule has 0 saturated carbocycles. The maximum absolute atomic E-state index is 13.3. The number of hydrogen-bond donors (Lipinski definition) is 0. The lowest BCUT2D eigenvalue weighted by Crippen LogP contribution is -2.49. The first kappa shape index (κ1) is 17.4. The lowest BCUT2D eigenvalue weighted by molar-refractivity contribution is 0.251. The van der Waals surface area contributed by atoms with Gasteiger partial charge in [0.2, 0.25) is 0 Å². The van der Waals surface area contributed by atoms with Crippen molar-refractivity contribution in [3.63, 3.8) is 0 Å². The van der Waals surface area contributed by atoms with Gasteiger partial charge in [0.1, 0.15) is 11.5 Å². The highest BCUT2D eigenvalue weighted by Gasteiger charge is 2.32. The Labute approximate surface area is 163 Å². The number of carbonyl (C=O) groups is 1. The number of urea groups is 1. The van der Waals surface area contributed by atoms with Crippen LogP contribution in [0.4, 0.5) is 20.6 Å². The zero-order valence-corrected chi connectivity index (χ0v) is 15.7. The molecule has 27 heavy (non-hydrogen) atoms. The molecule has 0 aliphatic carbocycles. The largest absolute Gasteiger partial charge is 0.350 e. The molecule has 0 N–H and O–H groups in total. The third kappa shape index (κ3) is 3.46. The summed E-state index contributed by atoms with van der Waals surface area (Å²) in [5.41, 5.74) is 2.51. The van der Waals surface area contributed by atoms with Crippen LogP contribution in [0.1, 0.15) is 5.69 Å². The molecule has 2 aromatic carbocycles. The summed E-state index contributed by atoms with van der Waals surface area (Å²) >= 11 is 3.47. The molecule has 134 valence electrons. The van der Waals surface area contributed by atoms with Crippen molar-refractivity contribution in [2.24, 2.45) is 5.10 Å². The average molecular weight is 425 g/mol. The molecule has 4 rings (SSSR count). The molecular formula is C20H14BrFN4O. The van der Waals surface area contributed by atoms with Gasteiger partial charge in [0.05, 0.1) is 17.9 Å². The van der Waals surface area contributed by atoms with Gasteiger partial charge in [-0.3, -0.25) is 9.88 Å². The maximum atomic E-state index is 13.3. The summed E-state index contributed by atoms with van der Waals surface area (Å²) in [4.78, 5) is 19.1. The van der Waals surface area contributed by atoms with E-state index in [9.17, 15) is 9.18 Å². The Morgan fingerprint density at radius 3 is 2.41 bits per heavy atom. The smallest absolute Gasteiger partial charge is 0.286 e. The fraction of sp³-hybridized carbons (Fsp3) is 0.0500. The van der Waals surface area contributed by atoms with E-state index >= 15 is 0 Å². The molecule has 2 amide bonds. The van der Waals surface area contributed by atoms with Crippen molar-refractivity contribution in [3.05, 3.63) is 88.9 Å². The van der Waals surface area contributed by atoms with Gasteiger partial charge in [-0.15, -0.1) is 0 Å². The quantitative estimate of drug-likeness (QED) is 0.604. The Kier molecular flexibility index (Phi) is 4.68. The van der Waals surface area contributed by atoms with Crippen LogP contribution < -0.4 is 9.91 Å². The zero-order valence-electron chi connectivity index (χ0n) is 14.1. The van der Waals surface area contributed by atoms with Gasteiger partial charge < -0.3 is 0 Å². The second-order valence-corrected chi connectivity index (χ2v) is 6.72. The van der Waals surface area contributed by atoms with E-state index in [0.717, 1.165) is 4.47 Å². The molecule has 0 radical (unpaired) electrons. The summed E-state index contributed by atoms with van der Waals surface area (Å²) in [6.07, 6.45) is 1.68. The summed E-state index contributed by atoms with van der Waals surface area (Å²) in [5.74, 6) is -0.357. The van der Waals surface area contributed by atoms with E-state index in [4.69, 9.17) is 0 Å². The normalized spacial score (nSPS) is 14.3. The van der Waals surface area contributed by atoms with Crippen LogP contribution in [0.3, 0.4) is 0 Å². The zero-order chi connectivity index (χ0) is 18.8. The minimum Gasteiger partial charge on any atom is -0.286 e. The second-order valence-electron chi connectivity index (χ2n) is 5.87. The molecule has 0 bridgehead atoms. The first-order valence-corrected chi connectivity index (χ1v) is 9.03. The molecule has 0 atom stereocenters. The predicted molar refractivity (Wildman–Crippen MR) is 107 cm³/mol. The minimum atomic E-state index is -0.357.